The molecule has 1 atom stereocenters. The summed E-state index contributed by atoms with van der Waals surface area (Å²) in [6, 6.07) is 9.14. The summed E-state index contributed by atoms with van der Waals surface area (Å²) in [5, 5.41) is 9.06. The Hall–Kier alpha value is -0.860. The van der Waals surface area contributed by atoms with E-state index >= 15 is 0 Å². The Morgan fingerprint density at radius 1 is 1.11 bits per heavy atom. The highest BCUT2D eigenvalue weighted by atomic mass is 16.3. The predicted octanol–water partition coefficient (Wildman–Crippen LogP) is 3.33. The second-order valence-corrected chi connectivity index (χ2v) is 5.36. The number of aliphatic hydroxyl groups excluding tert-OH is 1. The van der Waals surface area contributed by atoms with Gasteiger partial charge in [-0.1, -0.05) is 44.0 Å². The van der Waals surface area contributed by atoms with Crippen molar-refractivity contribution in [1.29, 1.82) is 0 Å². The first-order chi connectivity index (χ1) is 8.83. The van der Waals surface area contributed by atoms with Gasteiger partial charge in [0, 0.05) is 12.6 Å². The number of aliphatic hydroxyl groups is 1. The average Bonchev–Trinajstić information content (AvgIpc) is 2.64. The SMILES string of the molecule is CCC1CCCCCN1Cc1ccc(CO)cc1. The number of likely N-dealkylation sites (tertiary alicyclic amines) is 1. The lowest BCUT2D eigenvalue weighted by atomic mass is 10.1. The molecule has 1 aromatic rings. The van der Waals surface area contributed by atoms with Crippen LogP contribution in [-0.2, 0) is 13.2 Å². The lowest BCUT2D eigenvalue weighted by Crippen LogP contribution is -2.33. The minimum atomic E-state index is 0.140. The van der Waals surface area contributed by atoms with E-state index in [9.17, 15) is 0 Å². The summed E-state index contributed by atoms with van der Waals surface area (Å²) in [6.45, 7) is 4.74. The van der Waals surface area contributed by atoms with Crippen molar-refractivity contribution >= 4 is 0 Å². The molecule has 1 aromatic carbocycles. The molecule has 1 aliphatic rings. The van der Waals surface area contributed by atoms with Crippen molar-refractivity contribution in [3.8, 4) is 0 Å². The Morgan fingerprint density at radius 2 is 1.83 bits per heavy atom. The monoisotopic (exact) mass is 247 g/mol. The highest BCUT2D eigenvalue weighted by Crippen LogP contribution is 2.21. The molecule has 1 saturated heterocycles. The molecular weight excluding hydrogens is 222 g/mol. The Bertz CT molecular complexity index is 347. The third-order valence-corrected chi connectivity index (χ3v) is 4.06. The van der Waals surface area contributed by atoms with Gasteiger partial charge in [0.2, 0.25) is 0 Å². The Labute approximate surface area is 111 Å². The number of rotatable bonds is 4. The molecule has 1 fully saturated rings. The summed E-state index contributed by atoms with van der Waals surface area (Å²) in [4.78, 5) is 2.64. The van der Waals surface area contributed by atoms with Crippen molar-refractivity contribution in [3.05, 3.63) is 35.4 Å². The van der Waals surface area contributed by atoms with Crippen LogP contribution in [-0.4, -0.2) is 22.6 Å². The van der Waals surface area contributed by atoms with Crippen LogP contribution in [0.5, 0.6) is 0 Å². The van der Waals surface area contributed by atoms with Crippen LogP contribution in [0.2, 0.25) is 0 Å². The zero-order valence-corrected chi connectivity index (χ0v) is 11.4. The fourth-order valence-corrected chi connectivity index (χ4v) is 2.89. The van der Waals surface area contributed by atoms with E-state index in [1.54, 1.807) is 0 Å². The number of hydrogen-bond donors (Lipinski definition) is 1. The van der Waals surface area contributed by atoms with E-state index < -0.39 is 0 Å². The van der Waals surface area contributed by atoms with Gasteiger partial charge >= 0.3 is 0 Å². The molecule has 2 heteroatoms. The molecule has 0 aliphatic carbocycles. The lowest BCUT2D eigenvalue weighted by Gasteiger charge is -2.29. The third kappa shape index (κ3) is 3.56. The van der Waals surface area contributed by atoms with Crippen LogP contribution in [0, 0.1) is 0 Å². The molecule has 100 valence electrons. The molecule has 0 saturated carbocycles. The standard InChI is InChI=1S/C16H25NO/c1-2-16-6-4-3-5-11-17(16)12-14-7-9-15(13-18)10-8-14/h7-10,16,18H,2-6,11-13H2,1H3. The molecule has 1 aliphatic heterocycles. The van der Waals surface area contributed by atoms with E-state index in [-0.39, 0.29) is 6.61 Å². The van der Waals surface area contributed by atoms with Crippen LogP contribution in [0.25, 0.3) is 0 Å². The molecule has 1 N–H and O–H groups in total. The summed E-state index contributed by atoms with van der Waals surface area (Å²) in [7, 11) is 0. The van der Waals surface area contributed by atoms with Crippen LogP contribution in [0.1, 0.15) is 50.2 Å². The van der Waals surface area contributed by atoms with E-state index in [0.29, 0.717) is 0 Å². The van der Waals surface area contributed by atoms with Gasteiger partial charge in [0.05, 0.1) is 6.61 Å². The molecule has 1 unspecified atom stereocenters. The van der Waals surface area contributed by atoms with Gasteiger partial charge in [0.25, 0.3) is 0 Å². The molecular formula is C16H25NO. The minimum Gasteiger partial charge on any atom is -0.392 e. The minimum absolute atomic E-state index is 0.140. The summed E-state index contributed by atoms with van der Waals surface area (Å²) in [5.74, 6) is 0. The number of nitrogens with zero attached hydrogens (tertiary/aromatic N) is 1. The van der Waals surface area contributed by atoms with Gasteiger partial charge in [-0.2, -0.15) is 0 Å². The van der Waals surface area contributed by atoms with Gasteiger partial charge in [0.1, 0.15) is 0 Å². The van der Waals surface area contributed by atoms with Crippen LogP contribution in [0.15, 0.2) is 24.3 Å². The van der Waals surface area contributed by atoms with E-state index in [0.717, 1.165) is 18.2 Å². The molecule has 0 radical (unpaired) electrons. The molecule has 2 rings (SSSR count). The Kier molecular flexibility index (Phi) is 5.21. The van der Waals surface area contributed by atoms with Crippen LogP contribution < -0.4 is 0 Å². The van der Waals surface area contributed by atoms with Gasteiger partial charge in [-0.15, -0.1) is 0 Å². The Balaban J connectivity index is 2.00. The van der Waals surface area contributed by atoms with E-state index in [1.807, 2.05) is 12.1 Å². The first-order valence-electron chi connectivity index (χ1n) is 7.26. The van der Waals surface area contributed by atoms with Crippen molar-refractivity contribution in [2.75, 3.05) is 6.54 Å². The number of hydrogen-bond acceptors (Lipinski definition) is 2. The van der Waals surface area contributed by atoms with Gasteiger partial charge in [0.15, 0.2) is 0 Å². The van der Waals surface area contributed by atoms with Crippen LogP contribution in [0.4, 0.5) is 0 Å². The first-order valence-corrected chi connectivity index (χ1v) is 7.26. The maximum absolute atomic E-state index is 9.06. The maximum Gasteiger partial charge on any atom is 0.0681 e. The lowest BCUT2D eigenvalue weighted by molar-refractivity contribution is 0.186. The predicted molar refractivity (Wildman–Crippen MR) is 75.3 cm³/mol. The zero-order valence-electron chi connectivity index (χ0n) is 11.4. The second-order valence-electron chi connectivity index (χ2n) is 5.36. The topological polar surface area (TPSA) is 23.5 Å². The van der Waals surface area contributed by atoms with Gasteiger partial charge in [-0.3, -0.25) is 4.90 Å². The van der Waals surface area contributed by atoms with Crippen molar-refractivity contribution in [3.63, 3.8) is 0 Å². The molecule has 0 aromatic heterocycles. The Morgan fingerprint density at radius 3 is 2.50 bits per heavy atom. The van der Waals surface area contributed by atoms with Crippen LogP contribution in [0.3, 0.4) is 0 Å². The summed E-state index contributed by atoms with van der Waals surface area (Å²) in [6.07, 6.45) is 6.72. The third-order valence-electron chi connectivity index (χ3n) is 4.06. The van der Waals surface area contributed by atoms with Crippen molar-refractivity contribution in [2.45, 2.75) is 58.2 Å². The molecule has 0 bridgehead atoms. The number of benzene rings is 1. The van der Waals surface area contributed by atoms with Gasteiger partial charge in [-0.25, -0.2) is 0 Å². The van der Waals surface area contributed by atoms with E-state index in [2.05, 4.69) is 24.0 Å². The highest BCUT2D eigenvalue weighted by molar-refractivity contribution is 5.22. The fourth-order valence-electron chi connectivity index (χ4n) is 2.89. The fraction of sp³-hybridized carbons (Fsp3) is 0.625. The van der Waals surface area contributed by atoms with Crippen molar-refractivity contribution < 1.29 is 5.11 Å². The van der Waals surface area contributed by atoms with Crippen molar-refractivity contribution in [2.24, 2.45) is 0 Å². The first kappa shape index (κ1) is 13.6. The summed E-state index contributed by atoms with van der Waals surface area (Å²) < 4.78 is 0. The molecule has 1 heterocycles. The highest BCUT2D eigenvalue weighted by Gasteiger charge is 2.19. The zero-order chi connectivity index (χ0) is 12.8. The molecule has 18 heavy (non-hydrogen) atoms. The van der Waals surface area contributed by atoms with Crippen LogP contribution >= 0.6 is 0 Å². The van der Waals surface area contributed by atoms with E-state index in [1.165, 1.54) is 44.2 Å². The molecule has 2 nitrogen and oxygen atoms in total. The summed E-state index contributed by atoms with van der Waals surface area (Å²) in [5.41, 5.74) is 2.37. The van der Waals surface area contributed by atoms with Crippen molar-refractivity contribution in [1.82, 2.24) is 4.90 Å². The molecule has 0 amide bonds. The quantitative estimate of drug-likeness (QED) is 0.882. The largest absolute Gasteiger partial charge is 0.392 e. The molecule has 0 spiro atoms. The average molecular weight is 247 g/mol. The van der Waals surface area contributed by atoms with E-state index in [4.69, 9.17) is 5.11 Å². The normalized spacial score (nSPS) is 21.8. The second kappa shape index (κ2) is 6.91. The van der Waals surface area contributed by atoms with Gasteiger partial charge in [-0.05, 0) is 36.9 Å². The smallest absolute Gasteiger partial charge is 0.0681 e. The maximum atomic E-state index is 9.06. The summed E-state index contributed by atoms with van der Waals surface area (Å²) >= 11 is 0. The van der Waals surface area contributed by atoms with Gasteiger partial charge < -0.3 is 5.11 Å².